The minimum absolute atomic E-state index is 0.124. The number of anilines is 1. The van der Waals surface area contributed by atoms with Crippen LogP contribution >= 0.6 is 11.8 Å². The van der Waals surface area contributed by atoms with E-state index in [1.165, 1.54) is 0 Å². The van der Waals surface area contributed by atoms with E-state index in [9.17, 15) is 13.2 Å². The Bertz CT molecular complexity index is 1060. The number of hydrogen-bond donors (Lipinski definition) is 1. The van der Waals surface area contributed by atoms with Crippen molar-refractivity contribution in [2.75, 3.05) is 16.7 Å². The third-order valence-corrected chi connectivity index (χ3v) is 4.93. The van der Waals surface area contributed by atoms with Gasteiger partial charge in [0.1, 0.15) is 0 Å². The van der Waals surface area contributed by atoms with Crippen LogP contribution in [0.2, 0.25) is 0 Å². The zero-order valence-corrected chi connectivity index (χ0v) is 16.3. The summed E-state index contributed by atoms with van der Waals surface area (Å²) in [4.78, 5) is 12.3. The van der Waals surface area contributed by atoms with Crippen molar-refractivity contribution in [2.45, 2.75) is 12.1 Å². The third kappa shape index (κ3) is 5.41. The van der Waals surface area contributed by atoms with Gasteiger partial charge >= 0.3 is 0 Å². The first-order valence-electron chi connectivity index (χ1n) is 7.94. The van der Waals surface area contributed by atoms with Crippen molar-refractivity contribution in [1.82, 2.24) is 10.2 Å². The molecule has 3 aromatic rings. The van der Waals surface area contributed by atoms with Gasteiger partial charge in [0.05, 0.1) is 12.0 Å². The maximum Gasteiger partial charge on any atom is 0.277 e. The number of rotatable bonds is 7. The molecule has 0 atom stereocenters. The van der Waals surface area contributed by atoms with Crippen LogP contribution < -0.4 is 4.72 Å². The number of nitrogens with zero attached hydrogens (tertiary/aromatic N) is 2. The smallest absolute Gasteiger partial charge is 0.277 e. The average Bonchev–Trinajstić information content (AvgIpc) is 3.08. The molecule has 0 saturated carbocycles. The van der Waals surface area contributed by atoms with E-state index in [0.29, 0.717) is 22.4 Å². The monoisotopic (exact) mass is 403 g/mol. The molecule has 1 N–H and O–H groups in total. The molecule has 0 amide bonds. The van der Waals surface area contributed by atoms with Crippen LogP contribution in [0.25, 0.3) is 11.5 Å². The molecule has 0 unspecified atom stereocenters. The molecule has 3 rings (SSSR count). The van der Waals surface area contributed by atoms with Crippen LogP contribution in [-0.2, 0) is 10.0 Å². The van der Waals surface area contributed by atoms with Gasteiger partial charge in [-0.3, -0.25) is 9.52 Å². The summed E-state index contributed by atoms with van der Waals surface area (Å²) in [6.45, 7) is 1.98. The highest BCUT2D eigenvalue weighted by atomic mass is 32.2. The fourth-order valence-corrected chi connectivity index (χ4v) is 3.53. The van der Waals surface area contributed by atoms with Gasteiger partial charge in [-0.15, -0.1) is 10.2 Å². The second-order valence-corrected chi connectivity index (χ2v) is 8.58. The first kappa shape index (κ1) is 19.1. The zero-order valence-electron chi connectivity index (χ0n) is 14.7. The highest BCUT2D eigenvalue weighted by Gasteiger charge is 2.13. The number of carbonyl (C=O) groups is 1. The van der Waals surface area contributed by atoms with Gasteiger partial charge in [-0.2, -0.15) is 0 Å². The van der Waals surface area contributed by atoms with Crippen LogP contribution in [0, 0.1) is 6.92 Å². The highest BCUT2D eigenvalue weighted by molar-refractivity contribution is 7.99. The molecule has 1 aromatic heterocycles. The first-order valence-corrected chi connectivity index (χ1v) is 10.8. The lowest BCUT2D eigenvalue weighted by atomic mass is 10.1. The summed E-state index contributed by atoms with van der Waals surface area (Å²) in [6.07, 6.45) is 1.07. The van der Waals surface area contributed by atoms with Crippen LogP contribution in [0.15, 0.2) is 58.2 Å². The van der Waals surface area contributed by atoms with Crippen molar-refractivity contribution in [2.24, 2.45) is 0 Å². The van der Waals surface area contributed by atoms with Crippen molar-refractivity contribution in [3.8, 4) is 11.5 Å². The molecule has 0 radical (unpaired) electrons. The average molecular weight is 403 g/mol. The van der Waals surface area contributed by atoms with Crippen molar-refractivity contribution < 1.29 is 17.6 Å². The van der Waals surface area contributed by atoms with Crippen molar-refractivity contribution in [1.29, 1.82) is 0 Å². The summed E-state index contributed by atoms with van der Waals surface area (Å²) < 4.78 is 30.3. The number of carbonyl (C=O) groups excluding carboxylic acids is 1. The Kier molecular flexibility index (Phi) is 5.62. The predicted octanol–water partition coefficient (Wildman–Crippen LogP) is 3.39. The number of benzene rings is 2. The van der Waals surface area contributed by atoms with Gasteiger partial charge in [0, 0.05) is 16.8 Å². The van der Waals surface area contributed by atoms with Crippen LogP contribution in [0.4, 0.5) is 5.69 Å². The topological polar surface area (TPSA) is 102 Å². The van der Waals surface area contributed by atoms with E-state index in [-0.39, 0.29) is 11.5 Å². The highest BCUT2D eigenvalue weighted by Crippen LogP contribution is 2.24. The SMILES string of the molecule is Cc1cccc(-c2nnc(SCC(=O)c3ccc(NS(C)(=O)=O)cc3)o2)c1. The number of sulfonamides is 1. The summed E-state index contributed by atoms with van der Waals surface area (Å²) in [5.74, 6) is 0.417. The largest absolute Gasteiger partial charge is 0.411 e. The predicted molar refractivity (Wildman–Crippen MR) is 104 cm³/mol. The van der Waals surface area contributed by atoms with Crippen LogP contribution in [0.3, 0.4) is 0 Å². The molecule has 0 bridgehead atoms. The molecule has 0 aliphatic rings. The molecular formula is C18H17N3O4S2. The fourth-order valence-electron chi connectivity index (χ4n) is 2.31. The van der Waals surface area contributed by atoms with Crippen LogP contribution in [-0.4, -0.2) is 36.4 Å². The van der Waals surface area contributed by atoms with Gasteiger partial charge in [0.25, 0.3) is 5.22 Å². The van der Waals surface area contributed by atoms with Gasteiger partial charge in [-0.25, -0.2) is 8.42 Å². The lowest BCUT2D eigenvalue weighted by molar-refractivity contribution is 0.102. The quantitative estimate of drug-likeness (QED) is 0.476. The molecule has 1 heterocycles. The van der Waals surface area contributed by atoms with E-state index >= 15 is 0 Å². The van der Waals surface area contributed by atoms with Gasteiger partial charge < -0.3 is 4.42 Å². The molecule has 0 spiro atoms. The van der Waals surface area contributed by atoms with E-state index in [2.05, 4.69) is 14.9 Å². The Morgan fingerprint density at radius 2 is 1.89 bits per heavy atom. The maximum absolute atomic E-state index is 12.3. The van der Waals surface area contributed by atoms with Gasteiger partial charge in [0.15, 0.2) is 5.78 Å². The molecular weight excluding hydrogens is 386 g/mol. The summed E-state index contributed by atoms with van der Waals surface area (Å²) in [6, 6.07) is 13.9. The number of nitrogens with one attached hydrogen (secondary N) is 1. The molecule has 2 aromatic carbocycles. The van der Waals surface area contributed by atoms with Crippen molar-refractivity contribution in [3.05, 3.63) is 59.7 Å². The molecule has 7 nitrogen and oxygen atoms in total. The summed E-state index contributed by atoms with van der Waals surface area (Å²) in [5, 5.41) is 8.28. The standard InChI is InChI=1S/C18H17N3O4S2/c1-12-4-3-5-14(10-12)17-19-20-18(25-17)26-11-16(22)13-6-8-15(9-7-13)21-27(2,23)24/h3-10,21H,11H2,1-2H3. The van der Waals surface area contributed by atoms with E-state index in [0.717, 1.165) is 29.1 Å². The summed E-state index contributed by atoms with van der Waals surface area (Å²) in [7, 11) is -3.35. The minimum Gasteiger partial charge on any atom is -0.411 e. The first-order chi connectivity index (χ1) is 12.8. The number of hydrogen-bond acceptors (Lipinski definition) is 7. The van der Waals surface area contributed by atoms with Gasteiger partial charge in [-0.05, 0) is 43.3 Å². The second-order valence-electron chi connectivity index (χ2n) is 5.91. The molecule has 0 aliphatic carbocycles. The molecule has 9 heteroatoms. The van der Waals surface area contributed by atoms with Crippen LogP contribution in [0.5, 0.6) is 0 Å². The van der Waals surface area contributed by atoms with E-state index in [1.54, 1.807) is 24.3 Å². The second kappa shape index (κ2) is 7.93. The molecule has 0 saturated heterocycles. The van der Waals surface area contributed by atoms with Crippen molar-refractivity contribution >= 4 is 33.3 Å². The van der Waals surface area contributed by atoms with Crippen molar-refractivity contribution in [3.63, 3.8) is 0 Å². The number of ketones is 1. The van der Waals surface area contributed by atoms with Crippen LogP contribution in [0.1, 0.15) is 15.9 Å². The summed E-state index contributed by atoms with van der Waals surface area (Å²) >= 11 is 1.16. The van der Waals surface area contributed by atoms with Gasteiger partial charge in [0.2, 0.25) is 15.9 Å². The maximum atomic E-state index is 12.3. The third-order valence-electron chi connectivity index (χ3n) is 3.51. The fraction of sp³-hybridized carbons (Fsp3) is 0.167. The number of aromatic nitrogens is 2. The Labute approximate surface area is 161 Å². The minimum atomic E-state index is -3.35. The number of aryl methyl sites for hydroxylation is 1. The Hall–Kier alpha value is -2.65. The summed E-state index contributed by atoms with van der Waals surface area (Å²) in [5.41, 5.74) is 2.79. The Balaban J connectivity index is 1.61. The lowest BCUT2D eigenvalue weighted by Crippen LogP contribution is -2.10. The van der Waals surface area contributed by atoms with E-state index < -0.39 is 10.0 Å². The normalized spacial score (nSPS) is 11.3. The molecule has 0 aliphatic heterocycles. The molecule has 0 fully saturated rings. The lowest BCUT2D eigenvalue weighted by Gasteiger charge is -2.04. The number of thioether (sulfide) groups is 1. The van der Waals surface area contributed by atoms with E-state index in [1.807, 2.05) is 31.2 Å². The number of Topliss-reactive ketones (excluding diaryl/α,β-unsaturated/α-hetero) is 1. The van der Waals surface area contributed by atoms with E-state index in [4.69, 9.17) is 4.42 Å². The Morgan fingerprint density at radius 1 is 1.15 bits per heavy atom. The zero-order chi connectivity index (χ0) is 19.4. The molecule has 140 valence electrons. The molecule has 27 heavy (non-hydrogen) atoms. The Morgan fingerprint density at radius 3 is 2.56 bits per heavy atom. The van der Waals surface area contributed by atoms with Gasteiger partial charge in [-0.1, -0.05) is 29.5 Å².